The Labute approximate surface area is 135 Å². The molecule has 2 N–H and O–H groups in total. The van der Waals surface area contributed by atoms with Crippen molar-refractivity contribution in [2.24, 2.45) is 5.16 Å². The second kappa shape index (κ2) is 5.76. The molecule has 4 rings (SSSR count). The first-order valence-corrected chi connectivity index (χ1v) is 7.90. The summed E-state index contributed by atoms with van der Waals surface area (Å²) in [7, 11) is 0. The first-order chi connectivity index (χ1) is 11.3. The van der Waals surface area contributed by atoms with Crippen LogP contribution >= 0.6 is 0 Å². The van der Waals surface area contributed by atoms with E-state index in [0.717, 1.165) is 36.3 Å². The number of oxime groups is 1. The van der Waals surface area contributed by atoms with E-state index in [4.69, 9.17) is 0 Å². The zero-order chi connectivity index (χ0) is 15.6. The van der Waals surface area contributed by atoms with E-state index in [0.29, 0.717) is 0 Å². The largest absolute Gasteiger partial charge is 0.411 e. The minimum atomic E-state index is 0.751. The lowest BCUT2D eigenvalue weighted by atomic mass is 9.94. The molecule has 3 aromatic carbocycles. The second-order valence-electron chi connectivity index (χ2n) is 5.92. The molecule has 0 radical (unpaired) electrons. The smallest absolute Gasteiger partial charge is 0.0906 e. The van der Waals surface area contributed by atoms with Gasteiger partial charge in [0.1, 0.15) is 0 Å². The Morgan fingerprint density at radius 1 is 1.00 bits per heavy atom. The fraction of sp³-hybridized carbons (Fsp3) is 0.150. The van der Waals surface area contributed by atoms with Gasteiger partial charge in [-0.25, -0.2) is 0 Å². The van der Waals surface area contributed by atoms with Crippen LogP contribution in [0.15, 0.2) is 65.8 Å². The Bertz CT molecular complexity index is 894. The number of nitrogens with zero attached hydrogens (tertiary/aromatic N) is 1. The van der Waals surface area contributed by atoms with E-state index in [1.54, 1.807) is 0 Å². The van der Waals surface area contributed by atoms with E-state index in [-0.39, 0.29) is 0 Å². The van der Waals surface area contributed by atoms with E-state index >= 15 is 0 Å². The highest BCUT2D eigenvalue weighted by molar-refractivity contribution is 6.06. The third kappa shape index (κ3) is 2.55. The van der Waals surface area contributed by atoms with Gasteiger partial charge in [-0.3, -0.25) is 0 Å². The van der Waals surface area contributed by atoms with Gasteiger partial charge in [0.25, 0.3) is 0 Å². The van der Waals surface area contributed by atoms with Gasteiger partial charge < -0.3 is 10.5 Å². The Kier molecular flexibility index (Phi) is 3.46. The Morgan fingerprint density at radius 2 is 1.87 bits per heavy atom. The zero-order valence-corrected chi connectivity index (χ0v) is 12.8. The van der Waals surface area contributed by atoms with Crippen molar-refractivity contribution in [1.82, 2.24) is 0 Å². The molecule has 1 aliphatic heterocycles. The first kappa shape index (κ1) is 13.8. The van der Waals surface area contributed by atoms with Gasteiger partial charge in [-0.1, -0.05) is 53.7 Å². The lowest BCUT2D eigenvalue weighted by molar-refractivity contribution is 0.318. The second-order valence-corrected chi connectivity index (χ2v) is 5.92. The monoisotopic (exact) mass is 302 g/mol. The van der Waals surface area contributed by atoms with Crippen molar-refractivity contribution < 1.29 is 5.21 Å². The summed E-state index contributed by atoms with van der Waals surface area (Å²) in [5, 5.41) is 18.6. The predicted molar refractivity (Wildman–Crippen MR) is 94.6 cm³/mol. The van der Waals surface area contributed by atoms with Crippen molar-refractivity contribution >= 4 is 22.2 Å². The molecule has 0 aliphatic carbocycles. The van der Waals surface area contributed by atoms with Gasteiger partial charge in [-0.15, -0.1) is 0 Å². The molecule has 0 saturated heterocycles. The number of fused-ring (bicyclic) bond motifs is 2. The quantitative estimate of drug-likeness (QED) is 0.543. The Morgan fingerprint density at radius 3 is 2.78 bits per heavy atom. The normalized spacial score (nSPS) is 15.4. The van der Waals surface area contributed by atoms with Crippen LogP contribution in [0.5, 0.6) is 0 Å². The van der Waals surface area contributed by atoms with E-state index in [1.165, 1.54) is 21.9 Å². The Hall–Kier alpha value is -2.81. The molecule has 0 fully saturated rings. The maximum Gasteiger partial charge on any atom is 0.0906 e. The van der Waals surface area contributed by atoms with E-state index in [9.17, 15) is 5.21 Å². The summed E-state index contributed by atoms with van der Waals surface area (Å²) < 4.78 is 0. The van der Waals surface area contributed by atoms with Crippen LogP contribution in [0.25, 0.3) is 10.8 Å². The van der Waals surface area contributed by atoms with Crippen molar-refractivity contribution in [3.63, 3.8) is 0 Å². The average Bonchev–Trinajstić information content (AvgIpc) is 2.61. The highest BCUT2D eigenvalue weighted by Crippen LogP contribution is 2.26. The van der Waals surface area contributed by atoms with Gasteiger partial charge in [0.2, 0.25) is 0 Å². The maximum absolute atomic E-state index is 9.22. The highest BCUT2D eigenvalue weighted by Gasteiger charge is 2.16. The molecule has 3 heteroatoms. The van der Waals surface area contributed by atoms with Gasteiger partial charge in [0.15, 0.2) is 0 Å². The third-order valence-corrected chi connectivity index (χ3v) is 4.47. The van der Waals surface area contributed by atoms with E-state index in [1.807, 2.05) is 0 Å². The van der Waals surface area contributed by atoms with Gasteiger partial charge in [0.05, 0.1) is 5.71 Å². The number of nitrogens with one attached hydrogen (secondary N) is 1. The molecule has 3 aromatic rings. The first-order valence-electron chi connectivity index (χ1n) is 7.90. The molecule has 0 amide bonds. The van der Waals surface area contributed by atoms with Gasteiger partial charge in [0, 0.05) is 24.2 Å². The van der Waals surface area contributed by atoms with Gasteiger partial charge in [-0.2, -0.15) is 0 Å². The van der Waals surface area contributed by atoms with Crippen molar-refractivity contribution in [3.05, 3.63) is 77.4 Å². The topological polar surface area (TPSA) is 44.6 Å². The predicted octanol–water partition coefficient (Wildman–Crippen LogP) is 4.42. The molecule has 0 unspecified atom stereocenters. The van der Waals surface area contributed by atoms with Crippen LogP contribution in [0.2, 0.25) is 0 Å². The molecule has 0 spiro atoms. The Balaban J connectivity index is 1.74. The van der Waals surface area contributed by atoms with Crippen molar-refractivity contribution in [2.75, 3.05) is 11.9 Å². The number of hydrogen-bond donors (Lipinski definition) is 2. The fourth-order valence-electron chi connectivity index (χ4n) is 3.31. The molecule has 114 valence electrons. The zero-order valence-electron chi connectivity index (χ0n) is 12.8. The summed E-state index contributed by atoms with van der Waals surface area (Å²) in [4.78, 5) is 0. The molecular formula is C20H18N2O. The minimum absolute atomic E-state index is 0.751. The maximum atomic E-state index is 9.22. The lowest BCUT2D eigenvalue weighted by Gasteiger charge is -2.20. The molecule has 0 atom stereocenters. The van der Waals surface area contributed by atoms with E-state index in [2.05, 4.69) is 71.1 Å². The standard InChI is InChI=1S/C20H18N2O/c23-22-20-10-11-21-19-9-8-14(13-18(19)20)12-16-6-3-5-15-4-1-2-7-17(15)16/h1-9,13,21,23H,10-12H2/b22-20+. The van der Waals surface area contributed by atoms with Crippen molar-refractivity contribution in [2.45, 2.75) is 12.8 Å². The molecule has 0 aromatic heterocycles. The van der Waals surface area contributed by atoms with Crippen LogP contribution in [-0.2, 0) is 6.42 Å². The molecule has 1 aliphatic rings. The summed E-state index contributed by atoms with van der Waals surface area (Å²) in [5.41, 5.74) is 5.36. The molecule has 3 nitrogen and oxygen atoms in total. The summed E-state index contributed by atoms with van der Waals surface area (Å²) in [6.45, 7) is 0.815. The summed E-state index contributed by atoms with van der Waals surface area (Å²) in [6, 6.07) is 21.3. The van der Waals surface area contributed by atoms with Crippen LogP contribution < -0.4 is 5.32 Å². The van der Waals surface area contributed by atoms with Crippen LogP contribution in [0.1, 0.15) is 23.1 Å². The molecule has 0 saturated carbocycles. The highest BCUT2D eigenvalue weighted by atomic mass is 16.4. The van der Waals surface area contributed by atoms with Crippen LogP contribution in [-0.4, -0.2) is 17.5 Å². The third-order valence-electron chi connectivity index (χ3n) is 4.47. The van der Waals surface area contributed by atoms with Gasteiger partial charge >= 0.3 is 0 Å². The van der Waals surface area contributed by atoms with Crippen LogP contribution in [0.3, 0.4) is 0 Å². The number of rotatable bonds is 2. The minimum Gasteiger partial charge on any atom is -0.411 e. The number of benzene rings is 3. The van der Waals surface area contributed by atoms with E-state index < -0.39 is 0 Å². The molecule has 0 bridgehead atoms. The SMILES string of the molecule is O/N=C1\CCNc2ccc(Cc3cccc4ccccc34)cc21. The number of hydrogen-bond acceptors (Lipinski definition) is 3. The van der Waals surface area contributed by atoms with Crippen molar-refractivity contribution in [1.29, 1.82) is 0 Å². The summed E-state index contributed by atoms with van der Waals surface area (Å²) >= 11 is 0. The summed E-state index contributed by atoms with van der Waals surface area (Å²) in [6.07, 6.45) is 1.62. The average molecular weight is 302 g/mol. The van der Waals surface area contributed by atoms with Gasteiger partial charge in [-0.05, 0) is 40.5 Å². The molecule has 1 heterocycles. The lowest BCUT2D eigenvalue weighted by Crippen LogP contribution is -2.19. The van der Waals surface area contributed by atoms with Crippen molar-refractivity contribution in [3.8, 4) is 0 Å². The summed E-state index contributed by atoms with van der Waals surface area (Å²) in [5.74, 6) is 0. The van der Waals surface area contributed by atoms with Crippen LogP contribution in [0, 0.1) is 0 Å². The fourth-order valence-corrected chi connectivity index (χ4v) is 3.31. The molecular weight excluding hydrogens is 284 g/mol. The number of anilines is 1. The molecule has 23 heavy (non-hydrogen) atoms. The van der Waals surface area contributed by atoms with Crippen LogP contribution in [0.4, 0.5) is 5.69 Å².